The summed E-state index contributed by atoms with van der Waals surface area (Å²) in [5.74, 6) is -0.279. The Morgan fingerprint density at radius 2 is 1.85 bits per heavy atom. The Morgan fingerprint density at radius 1 is 1.08 bits per heavy atom. The molecule has 0 N–H and O–H groups in total. The Bertz CT molecular complexity index is 541. The molecule has 1 aromatic rings. The van der Waals surface area contributed by atoms with E-state index in [2.05, 4.69) is 0 Å². The summed E-state index contributed by atoms with van der Waals surface area (Å²) >= 11 is 0. The van der Waals surface area contributed by atoms with Gasteiger partial charge in [-0.3, -0.25) is 4.79 Å². The highest BCUT2D eigenvalue weighted by atomic mass is 16.7. The number of hydrogen-bond acceptors (Lipinski definition) is 5. The van der Waals surface area contributed by atoms with Gasteiger partial charge in [0.15, 0.2) is 6.29 Å². The molecule has 144 valence electrons. The molecule has 1 aliphatic heterocycles. The van der Waals surface area contributed by atoms with Crippen LogP contribution in [0.1, 0.15) is 57.4 Å². The van der Waals surface area contributed by atoms with Crippen LogP contribution in [-0.2, 0) is 30.3 Å². The number of benzene rings is 1. The molecule has 0 aromatic heterocycles. The molecule has 0 amide bonds. The second kappa shape index (κ2) is 10.0. The maximum absolute atomic E-state index is 11.4. The molecule has 0 radical (unpaired) electrons. The fraction of sp³-hybridized carbons (Fsp3) is 0.667. The first-order valence-electron chi connectivity index (χ1n) is 9.80. The molecule has 3 atom stereocenters. The lowest BCUT2D eigenvalue weighted by Crippen LogP contribution is -2.45. The lowest BCUT2D eigenvalue weighted by atomic mass is 9.97. The van der Waals surface area contributed by atoms with Crippen LogP contribution in [0.3, 0.4) is 0 Å². The molecule has 1 aromatic carbocycles. The maximum atomic E-state index is 11.4. The molecule has 1 saturated heterocycles. The van der Waals surface area contributed by atoms with Gasteiger partial charge in [-0.25, -0.2) is 0 Å². The lowest BCUT2D eigenvalue weighted by molar-refractivity contribution is -0.254. The van der Waals surface area contributed by atoms with Gasteiger partial charge in [-0.2, -0.15) is 0 Å². The SMILES string of the molecule is CC(=O)O[C@@H]1CC[C@H](OC2CCCCC2)O[C@@H]1COCc1ccccc1. The van der Waals surface area contributed by atoms with Crippen molar-refractivity contribution in [1.82, 2.24) is 0 Å². The van der Waals surface area contributed by atoms with Crippen LogP contribution in [-0.4, -0.2) is 37.2 Å². The van der Waals surface area contributed by atoms with Crippen LogP contribution in [0.4, 0.5) is 0 Å². The Labute approximate surface area is 156 Å². The van der Waals surface area contributed by atoms with Gasteiger partial charge in [0.2, 0.25) is 0 Å². The maximum Gasteiger partial charge on any atom is 0.302 e. The number of hydrogen-bond donors (Lipinski definition) is 0. The molecule has 26 heavy (non-hydrogen) atoms. The van der Waals surface area contributed by atoms with Gasteiger partial charge < -0.3 is 18.9 Å². The monoisotopic (exact) mass is 362 g/mol. The van der Waals surface area contributed by atoms with Crippen molar-refractivity contribution in [3.63, 3.8) is 0 Å². The van der Waals surface area contributed by atoms with Crippen molar-refractivity contribution in [2.75, 3.05) is 6.61 Å². The van der Waals surface area contributed by atoms with Crippen LogP contribution >= 0.6 is 0 Å². The molecule has 0 spiro atoms. The third kappa shape index (κ3) is 6.08. The van der Waals surface area contributed by atoms with Gasteiger partial charge in [-0.15, -0.1) is 0 Å². The number of ether oxygens (including phenoxy) is 4. The van der Waals surface area contributed by atoms with Crippen LogP contribution in [0.2, 0.25) is 0 Å². The molecule has 0 unspecified atom stereocenters. The topological polar surface area (TPSA) is 54.0 Å². The number of carbonyl (C=O) groups is 1. The summed E-state index contributed by atoms with van der Waals surface area (Å²) in [6.45, 7) is 2.34. The van der Waals surface area contributed by atoms with E-state index in [9.17, 15) is 4.79 Å². The molecule has 2 aliphatic rings. The van der Waals surface area contributed by atoms with Gasteiger partial charge in [0.1, 0.15) is 12.2 Å². The van der Waals surface area contributed by atoms with Gasteiger partial charge in [0.25, 0.3) is 0 Å². The van der Waals surface area contributed by atoms with Gasteiger partial charge >= 0.3 is 5.97 Å². The van der Waals surface area contributed by atoms with Crippen molar-refractivity contribution in [3.8, 4) is 0 Å². The fourth-order valence-corrected chi connectivity index (χ4v) is 3.71. The minimum Gasteiger partial charge on any atom is -0.460 e. The zero-order valence-corrected chi connectivity index (χ0v) is 15.6. The predicted octanol–water partition coefficient (Wildman–Crippen LogP) is 3.99. The largest absolute Gasteiger partial charge is 0.460 e. The van der Waals surface area contributed by atoms with Crippen molar-refractivity contribution in [2.45, 2.75) is 83.1 Å². The molecule has 1 heterocycles. The molecule has 1 saturated carbocycles. The summed E-state index contributed by atoms with van der Waals surface area (Å²) < 4.78 is 23.6. The first-order valence-corrected chi connectivity index (χ1v) is 9.80. The predicted molar refractivity (Wildman–Crippen MR) is 97.5 cm³/mol. The summed E-state index contributed by atoms with van der Waals surface area (Å²) in [7, 11) is 0. The molecule has 0 bridgehead atoms. The fourth-order valence-electron chi connectivity index (χ4n) is 3.71. The standard InChI is InChI=1S/C21H30O5/c1-16(22)24-19-12-13-21(25-18-10-6-3-7-11-18)26-20(19)15-23-14-17-8-4-2-5-9-17/h2,4-5,8-9,18-21H,3,6-7,10-15H2,1H3/t19-,20-,21-/m1/s1. The molecule has 3 rings (SSSR count). The van der Waals surface area contributed by atoms with Crippen molar-refractivity contribution in [3.05, 3.63) is 35.9 Å². The molecular weight excluding hydrogens is 332 g/mol. The Balaban J connectivity index is 1.51. The zero-order chi connectivity index (χ0) is 18.2. The van der Waals surface area contributed by atoms with Gasteiger partial charge in [-0.05, 0) is 24.8 Å². The number of esters is 1. The molecular formula is C21H30O5. The van der Waals surface area contributed by atoms with E-state index in [-0.39, 0.29) is 24.5 Å². The second-order valence-electron chi connectivity index (χ2n) is 7.23. The van der Waals surface area contributed by atoms with E-state index in [4.69, 9.17) is 18.9 Å². The van der Waals surface area contributed by atoms with Gasteiger partial charge in [0, 0.05) is 13.3 Å². The number of carbonyl (C=O) groups excluding carboxylic acids is 1. The summed E-state index contributed by atoms with van der Waals surface area (Å²) in [4.78, 5) is 11.4. The molecule has 1 aliphatic carbocycles. The van der Waals surface area contributed by atoms with E-state index in [0.29, 0.717) is 19.3 Å². The van der Waals surface area contributed by atoms with E-state index in [1.807, 2.05) is 30.3 Å². The van der Waals surface area contributed by atoms with Gasteiger partial charge in [0.05, 0.1) is 19.3 Å². The summed E-state index contributed by atoms with van der Waals surface area (Å²) in [5, 5.41) is 0. The highest BCUT2D eigenvalue weighted by Gasteiger charge is 2.35. The minimum atomic E-state index is -0.287. The third-order valence-electron chi connectivity index (χ3n) is 5.04. The van der Waals surface area contributed by atoms with Crippen LogP contribution in [0.25, 0.3) is 0 Å². The normalized spacial score (nSPS) is 27.2. The van der Waals surface area contributed by atoms with E-state index >= 15 is 0 Å². The minimum absolute atomic E-state index is 0.227. The zero-order valence-electron chi connectivity index (χ0n) is 15.6. The van der Waals surface area contributed by atoms with Crippen molar-refractivity contribution < 1.29 is 23.7 Å². The van der Waals surface area contributed by atoms with Crippen molar-refractivity contribution in [2.24, 2.45) is 0 Å². The summed E-state index contributed by atoms with van der Waals surface area (Å²) in [6, 6.07) is 10.0. The Morgan fingerprint density at radius 3 is 2.58 bits per heavy atom. The first-order chi connectivity index (χ1) is 12.7. The average Bonchev–Trinajstić information content (AvgIpc) is 2.65. The first kappa shape index (κ1) is 19.3. The third-order valence-corrected chi connectivity index (χ3v) is 5.04. The number of rotatable bonds is 7. The summed E-state index contributed by atoms with van der Waals surface area (Å²) in [6.07, 6.45) is 7.01. The highest BCUT2D eigenvalue weighted by molar-refractivity contribution is 5.66. The van der Waals surface area contributed by atoms with Crippen LogP contribution in [0, 0.1) is 0 Å². The summed E-state index contributed by atoms with van der Waals surface area (Å²) in [5.41, 5.74) is 1.11. The smallest absolute Gasteiger partial charge is 0.302 e. The quantitative estimate of drug-likeness (QED) is 0.687. The van der Waals surface area contributed by atoms with Crippen LogP contribution < -0.4 is 0 Å². The molecule has 5 heteroatoms. The van der Waals surface area contributed by atoms with E-state index < -0.39 is 0 Å². The van der Waals surface area contributed by atoms with Crippen LogP contribution in [0.5, 0.6) is 0 Å². The van der Waals surface area contributed by atoms with E-state index in [1.165, 1.54) is 26.2 Å². The van der Waals surface area contributed by atoms with E-state index in [1.54, 1.807) is 0 Å². The molecule has 5 nitrogen and oxygen atoms in total. The second-order valence-corrected chi connectivity index (χ2v) is 7.23. The average molecular weight is 362 g/mol. The highest BCUT2D eigenvalue weighted by Crippen LogP contribution is 2.28. The Hall–Kier alpha value is -1.43. The molecule has 2 fully saturated rings. The van der Waals surface area contributed by atoms with E-state index in [0.717, 1.165) is 31.2 Å². The van der Waals surface area contributed by atoms with Crippen molar-refractivity contribution >= 4 is 5.97 Å². The lowest BCUT2D eigenvalue weighted by Gasteiger charge is -2.37. The Kier molecular flexibility index (Phi) is 7.47. The van der Waals surface area contributed by atoms with Crippen molar-refractivity contribution in [1.29, 1.82) is 0 Å². The van der Waals surface area contributed by atoms with Crippen LogP contribution in [0.15, 0.2) is 30.3 Å². The van der Waals surface area contributed by atoms with Gasteiger partial charge in [-0.1, -0.05) is 49.6 Å².